The Labute approximate surface area is 183 Å². The maximum absolute atomic E-state index is 13.4. The SMILES string of the molecule is O=C(c1cc(Oc2ccc([N+](=O)[O-])cc2)ccn1)N1CCC(O)(Cc2cccc(F)c2)C1. The summed E-state index contributed by atoms with van der Waals surface area (Å²) in [5, 5.41) is 21.7. The van der Waals surface area contributed by atoms with E-state index in [1.54, 1.807) is 18.2 Å². The van der Waals surface area contributed by atoms with Crippen molar-refractivity contribution >= 4 is 11.6 Å². The lowest BCUT2D eigenvalue weighted by molar-refractivity contribution is -0.384. The van der Waals surface area contributed by atoms with E-state index in [1.165, 1.54) is 53.6 Å². The zero-order valence-electron chi connectivity index (χ0n) is 17.0. The average Bonchev–Trinajstić information content (AvgIpc) is 3.15. The number of likely N-dealkylation sites (tertiary alicyclic amines) is 1. The largest absolute Gasteiger partial charge is 0.457 e. The molecule has 1 unspecified atom stereocenters. The third-order valence-electron chi connectivity index (χ3n) is 5.28. The Kier molecular flexibility index (Phi) is 5.83. The maximum atomic E-state index is 13.4. The molecule has 1 aliphatic rings. The van der Waals surface area contributed by atoms with Crippen LogP contribution in [0, 0.1) is 15.9 Å². The molecule has 1 amide bonds. The molecule has 0 bridgehead atoms. The second-order valence-electron chi connectivity index (χ2n) is 7.74. The number of hydrogen-bond donors (Lipinski definition) is 1. The number of nitrogens with zero attached hydrogens (tertiary/aromatic N) is 3. The standard InChI is InChI=1S/C23H20FN3O5/c24-17-3-1-2-16(12-17)14-23(29)9-11-26(15-23)22(28)21-13-20(8-10-25-21)32-19-6-4-18(5-7-19)27(30)31/h1-8,10,12-13,29H,9,11,14-15H2. The fourth-order valence-electron chi connectivity index (χ4n) is 3.73. The van der Waals surface area contributed by atoms with Gasteiger partial charge >= 0.3 is 0 Å². The molecule has 164 valence electrons. The molecule has 1 saturated heterocycles. The van der Waals surface area contributed by atoms with Crippen LogP contribution in [0.1, 0.15) is 22.5 Å². The Balaban J connectivity index is 1.43. The summed E-state index contributed by atoms with van der Waals surface area (Å²) in [5.74, 6) is 0.0117. The second kappa shape index (κ2) is 8.72. The van der Waals surface area contributed by atoms with Gasteiger partial charge in [-0.2, -0.15) is 0 Å². The molecule has 0 aliphatic carbocycles. The van der Waals surface area contributed by atoms with Crippen molar-refractivity contribution in [3.05, 3.63) is 94.0 Å². The minimum atomic E-state index is -1.14. The maximum Gasteiger partial charge on any atom is 0.272 e. The van der Waals surface area contributed by atoms with E-state index in [2.05, 4.69) is 4.98 Å². The summed E-state index contributed by atoms with van der Waals surface area (Å²) < 4.78 is 19.1. The van der Waals surface area contributed by atoms with Crippen LogP contribution in [-0.2, 0) is 6.42 Å². The number of pyridine rings is 1. The number of β-amino-alcohol motifs (C(OH)–C–C–N with tert-alkyl or cyclic N) is 1. The van der Waals surface area contributed by atoms with Crippen LogP contribution in [0.2, 0.25) is 0 Å². The quantitative estimate of drug-likeness (QED) is 0.465. The number of ether oxygens (including phenoxy) is 1. The van der Waals surface area contributed by atoms with Crippen molar-refractivity contribution in [3.8, 4) is 11.5 Å². The first kappa shape index (κ1) is 21.4. The van der Waals surface area contributed by atoms with Gasteiger partial charge < -0.3 is 14.7 Å². The highest BCUT2D eigenvalue weighted by molar-refractivity contribution is 5.93. The summed E-state index contributed by atoms with van der Waals surface area (Å²) in [4.78, 5) is 28.8. The summed E-state index contributed by atoms with van der Waals surface area (Å²) in [6.45, 7) is 0.456. The molecular weight excluding hydrogens is 417 g/mol. The van der Waals surface area contributed by atoms with Crippen LogP contribution in [0.3, 0.4) is 0 Å². The predicted octanol–water partition coefficient (Wildman–Crippen LogP) is 3.74. The lowest BCUT2D eigenvalue weighted by Crippen LogP contribution is -2.38. The number of hydrogen-bond acceptors (Lipinski definition) is 6. The molecule has 32 heavy (non-hydrogen) atoms. The van der Waals surface area contributed by atoms with Gasteiger partial charge in [-0.3, -0.25) is 19.9 Å². The molecule has 0 saturated carbocycles. The van der Waals surface area contributed by atoms with E-state index in [9.17, 15) is 24.4 Å². The predicted molar refractivity (Wildman–Crippen MR) is 113 cm³/mol. The van der Waals surface area contributed by atoms with Crippen LogP contribution in [0.15, 0.2) is 66.9 Å². The van der Waals surface area contributed by atoms with Gasteiger partial charge in [0.25, 0.3) is 11.6 Å². The van der Waals surface area contributed by atoms with E-state index in [0.29, 0.717) is 30.0 Å². The Morgan fingerprint density at radius 3 is 2.69 bits per heavy atom. The Morgan fingerprint density at radius 2 is 1.97 bits per heavy atom. The number of carbonyl (C=O) groups is 1. The minimum Gasteiger partial charge on any atom is -0.457 e. The van der Waals surface area contributed by atoms with Gasteiger partial charge in [-0.15, -0.1) is 0 Å². The molecule has 1 aromatic heterocycles. The molecule has 2 heterocycles. The number of non-ortho nitro benzene ring substituents is 1. The monoisotopic (exact) mass is 437 g/mol. The highest BCUT2D eigenvalue weighted by atomic mass is 19.1. The van der Waals surface area contributed by atoms with Crippen LogP contribution in [0.5, 0.6) is 11.5 Å². The molecule has 8 nitrogen and oxygen atoms in total. The summed E-state index contributed by atoms with van der Waals surface area (Å²) in [7, 11) is 0. The van der Waals surface area contributed by atoms with E-state index in [0.717, 1.165) is 0 Å². The average molecular weight is 437 g/mol. The van der Waals surface area contributed by atoms with E-state index < -0.39 is 10.5 Å². The highest BCUT2D eigenvalue weighted by Crippen LogP contribution is 2.28. The van der Waals surface area contributed by atoms with Crippen molar-refractivity contribution in [2.75, 3.05) is 13.1 Å². The lowest BCUT2D eigenvalue weighted by atomic mass is 9.94. The van der Waals surface area contributed by atoms with Crippen LogP contribution >= 0.6 is 0 Å². The lowest BCUT2D eigenvalue weighted by Gasteiger charge is -2.23. The molecular formula is C23H20FN3O5. The Morgan fingerprint density at radius 1 is 1.19 bits per heavy atom. The van der Waals surface area contributed by atoms with Crippen LogP contribution in [0.25, 0.3) is 0 Å². The van der Waals surface area contributed by atoms with Crippen molar-refractivity contribution < 1.29 is 24.0 Å². The number of halogens is 1. The van der Waals surface area contributed by atoms with Gasteiger partial charge in [0.2, 0.25) is 0 Å². The number of amides is 1. The highest BCUT2D eigenvalue weighted by Gasteiger charge is 2.38. The van der Waals surface area contributed by atoms with Gasteiger partial charge in [-0.05, 0) is 42.3 Å². The number of benzene rings is 2. The first-order chi connectivity index (χ1) is 15.3. The van der Waals surface area contributed by atoms with E-state index in [-0.39, 0.29) is 36.1 Å². The van der Waals surface area contributed by atoms with Crippen LogP contribution in [-0.4, -0.2) is 44.5 Å². The van der Waals surface area contributed by atoms with Gasteiger partial charge in [-0.25, -0.2) is 4.39 Å². The van der Waals surface area contributed by atoms with Crippen molar-refractivity contribution in [1.82, 2.24) is 9.88 Å². The fraction of sp³-hybridized carbons (Fsp3) is 0.217. The first-order valence-corrected chi connectivity index (χ1v) is 9.96. The van der Waals surface area contributed by atoms with Gasteiger partial charge in [0.1, 0.15) is 23.0 Å². The molecule has 1 atom stereocenters. The van der Waals surface area contributed by atoms with Crippen molar-refractivity contribution in [2.24, 2.45) is 0 Å². The number of rotatable bonds is 6. The minimum absolute atomic E-state index is 0.0530. The Hall–Kier alpha value is -3.85. The first-order valence-electron chi connectivity index (χ1n) is 9.96. The van der Waals surface area contributed by atoms with Gasteiger partial charge in [-0.1, -0.05) is 12.1 Å². The summed E-state index contributed by atoms with van der Waals surface area (Å²) >= 11 is 0. The molecule has 1 fully saturated rings. The van der Waals surface area contributed by atoms with E-state index in [1.807, 2.05) is 0 Å². The molecule has 9 heteroatoms. The molecule has 1 N–H and O–H groups in total. The van der Waals surface area contributed by atoms with Crippen molar-refractivity contribution in [2.45, 2.75) is 18.4 Å². The molecule has 3 aromatic rings. The topological polar surface area (TPSA) is 106 Å². The molecule has 1 aliphatic heterocycles. The summed E-state index contributed by atoms with van der Waals surface area (Å²) in [6.07, 6.45) is 2.04. The number of carbonyl (C=O) groups excluding carboxylic acids is 1. The smallest absolute Gasteiger partial charge is 0.272 e. The molecule has 2 aromatic carbocycles. The van der Waals surface area contributed by atoms with Crippen LogP contribution < -0.4 is 4.74 Å². The molecule has 0 spiro atoms. The van der Waals surface area contributed by atoms with E-state index in [4.69, 9.17) is 4.74 Å². The number of aliphatic hydroxyl groups is 1. The number of aromatic nitrogens is 1. The number of nitro groups is 1. The summed E-state index contributed by atoms with van der Waals surface area (Å²) in [5.41, 5.74) is -0.378. The zero-order chi connectivity index (χ0) is 22.7. The normalized spacial score (nSPS) is 17.9. The van der Waals surface area contributed by atoms with Crippen molar-refractivity contribution in [3.63, 3.8) is 0 Å². The van der Waals surface area contributed by atoms with Crippen molar-refractivity contribution in [1.29, 1.82) is 0 Å². The third-order valence-corrected chi connectivity index (χ3v) is 5.28. The Bertz CT molecular complexity index is 1150. The second-order valence-corrected chi connectivity index (χ2v) is 7.74. The van der Waals surface area contributed by atoms with Crippen LogP contribution in [0.4, 0.5) is 10.1 Å². The number of nitro benzene ring substituents is 1. The molecule has 0 radical (unpaired) electrons. The molecule has 4 rings (SSSR count). The van der Waals surface area contributed by atoms with Gasteiger partial charge in [0.05, 0.1) is 17.1 Å². The third kappa shape index (κ3) is 4.89. The van der Waals surface area contributed by atoms with E-state index >= 15 is 0 Å². The zero-order valence-corrected chi connectivity index (χ0v) is 17.0. The summed E-state index contributed by atoms with van der Waals surface area (Å²) in [6, 6.07) is 14.7. The van der Waals surface area contributed by atoms with Gasteiger partial charge in [0.15, 0.2) is 0 Å². The van der Waals surface area contributed by atoms with Gasteiger partial charge in [0, 0.05) is 37.4 Å². The fourth-order valence-corrected chi connectivity index (χ4v) is 3.73.